The van der Waals surface area contributed by atoms with Crippen LogP contribution in [0.3, 0.4) is 0 Å². The van der Waals surface area contributed by atoms with Crippen LogP contribution in [0, 0.1) is 6.92 Å². The van der Waals surface area contributed by atoms with E-state index < -0.39 is 5.91 Å². The highest BCUT2D eigenvalue weighted by Crippen LogP contribution is 2.25. The van der Waals surface area contributed by atoms with Crippen molar-refractivity contribution in [1.29, 1.82) is 0 Å². The standard InChI is InChI=1S/C11H9ClN2O/c1-6-2-3-7-9(4-6)14-5-8(10(7)12)11(13)15/h2-5H,1H3,(H2,13,15). The average molecular weight is 221 g/mol. The van der Waals surface area contributed by atoms with E-state index in [9.17, 15) is 4.79 Å². The molecule has 1 aromatic heterocycles. The van der Waals surface area contributed by atoms with Crippen molar-refractivity contribution in [2.24, 2.45) is 5.73 Å². The monoisotopic (exact) mass is 220 g/mol. The lowest BCUT2D eigenvalue weighted by Crippen LogP contribution is -2.12. The van der Waals surface area contributed by atoms with Crippen LogP contribution in [0.1, 0.15) is 15.9 Å². The Morgan fingerprint density at radius 1 is 1.47 bits per heavy atom. The van der Waals surface area contributed by atoms with E-state index in [1.807, 2.05) is 25.1 Å². The van der Waals surface area contributed by atoms with Crippen molar-refractivity contribution in [3.63, 3.8) is 0 Å². The van der Waals surface area contributed by atoms with Crippen LogP contribution in [0.15, 0.2) is 24.4 Å². The fourth-order valence-corrected chi connectivity index (χ4v) is 1.74. The second kappa shape index (κ2) is 3.51. The molecule has 1 amide bonds. The smallest absolute Gasteiger partial charge is 0.251 e. The molecule has 2 aromatic rings. The molecule has 0 unspecified atom stereocenters. The Balaban J connectivity index is 2.80. The summed E-state index contributed by atoms with van der Waals surface area (Å²) in [5.41, 5.74) is 7.29. The van der Waals surface area contributed by atoms with E-state index in [2.05, 4.69) is 4.98 Å². The molecule has 0 fully saturated rings. The zero-order valence-electron chi connectivity index (χ0n) is 8.12. The number of halogens is 1. The van der Waals surface area contributed by atoms with Crippen molar-refractivity contribution in [3.05, 3.63) is 40.5 Å². The number of nitrogens with zero attached hydrogens (tertiary/aromatic N) is 1. The minimum absolute atomic E-state index is 0.257. The number of nitrogens with two attached hydrogens (primary N) is 1. The van der Waals surface area contributed by atoms with Gasteiger partial charge in [0.2, 0.25) is 0 Å². The van der Waals surface area contributed by atoms with Crippen molar-refractivity contribution in [2.45, 2.75) is 6.92 Å². The number of amides is 1. The second-order valence-electron chi connectivity index (χ2n) is 3.37. The number of hydrogen-bond donors (Lipinski definition) is 1. The van der Waals surface area contributed by atoms with Gasteiger partial charge in [-0.1, -0.05) is 23.7 Å². The summed E-state index contributed by atoms with van der Waals surface area (Å²) >= 11 is 6.05. The first-order chi connectivity index (χ1) is 7.09. The Morgan fingerprint density at radius 2 is 2.20 bits per heavy atom. The number of rotatable bonds is 1. The number of hydrogen-bond acceptors (Lipinski definition) is 2. The van der Waals surface area contributed by atoms with E-state index in [4.69, 9.17) is 17.3 Å². The molecular weight excluding hydrogens is 212 g/mol. The summed E-state index contributed by atoms with van der Waals surface area (Å²) < 4.78 is 0. The molecule has 0 aliphatic rings. The lowest BCUT2D eigenvalue weighted by Gasteiger charge is -2.04. The topological polar surface area (TPSA) is 56.0 Å². The summed E-state index contributed by atoms with van der Waals surface area (Å²) in [6, 6.07) is 5.67. The number of fused-ring (bicyclic) bond motifs is 1. The molecule has 1 heterocycles. The molecule has 2 N–H and O–H groups in total. The molecule has 0 bridgehead atoms. The molecule has 0 radical (unpaired) electrons. The number of carbonyl (C=O) groups is 1. The Morgan fingerprint density at radius 3 is 2.87 bits per heavy atom. The summed E-state index contributed by atoms with van der Waals surface area (Å²) in [7, 11) is 0. The maximum atomic E-state index is 11.0. The highest BCUT2D eigenvalue weighted by atomic mass is 35.5. The number of carbonyl (C=O) groups excluding carboxylic acids is 1. The van der Waals surface area contributed by atoms with Crippen LogP contribution in [0.25, 0.3) is 10.9 Å². The minimum atomic E-state index is -0.560. The van der Waals surface area contributed by atoms with E-state index in [1.54, 1.807) is 0 Å². The number of pyridine rings is 1. The third-order valence-electron chi connectivity index (χ3n) is 2.22. The second-order valence-corrected chi connectivity index (χ2v) is 3.75. The quantitative estimate of drug-likeness (QED) is 0.802. The minimum Gasteiger partial charge on any atom is -0.366 e. The van der Waals surface area contributed by atoms with Crippen LogP contribution in [-0.2, 0) is 0 Å². The lowest BCUT2D eigenvalue weighted by molar-refractivity contribution is 0.100. The molecule has 0 atom stereocenters. The van der Waals surface area contributed by atoms with Crippen molar-refractivity contribution in [1.82, 2.24) is 4.98 Å². The van der Waals surface area contributed by atoms with E-state index in [1.165, 1.54) is 6.20 Å². The maximum absolute atomic E-state index is 11.0. The molecule has 0 aliphatic heterocycles. The van der Waals surface area contributed by atoms with Crippen LogP contribution in [0.4, 0.5) is 0 Å². The molecule has 0 spiro atoms. The zero-order chi connectivity index (χ0) is 11.0. The summed E-state index contributed by atoms with van der Waals surface area (Å²) in [6.45, 7) is 1.97. The molecule has 0 saturated heterocycles. The van der Waals surface area contributed by atoms with Crippen LogP contribution >= 0.6 is 11.6 Å². The number of primary amides is 1. The Labute approximate surface area is 91.9 Å². The van der Waals surface area contributed by atoms with Gasteiger partial charge in [0.15, 0.2) is 0 Å². The third-order valence-corrected chi connectivity index (χ3v) is 2.63. The van der Waals surface area contributed by atoms with E-state index >= 15 is 0 Å². The largest absolute Gasteiger partial charge is 0.366 e. The Bertz CT molecular complexity index is 552. The predicted molar refractivity (Wildman–Crippen MR) is 60.0 cm³/mol. The van der Waals surface area contributed by atoms with Crippen molar-refractivity contribution in [3.8, 4) is 0 Å². The van der Waals surface area contributed by atoms with Crippen molar-refractivity contribution >= 4 is 28.4 Å². The molecule has 4 heteroatoms. The SMILES string of the molecule is Cc1ccc2c(Cl)c(C(N)=O)cnc2c1. The van der Waals surface area contributed by atoms with Gasteiger partial charge in [0.25, 0.3) is 5.91 Å². The first-order valence-corrected chi connectivity index (χ1v) is 4.82. The van der Waals surface area contributed by atoms with E-state index in [0.29, 0.717) is 5.02 Å². The third kappa shape index (κ3) is 1.66. The van der Waals surface area contributed by atoms with Gasteiger partial charge < -0.3 is 5.73 Å². The highest BCUT2D eigenvalue weighted by molar-refractivity contribution is 6.38. The van der Waals surface area contributed by atoms with Crippen LogP contribution in [-0.4, -0.2) is 10.9 Å². The normalized spacial score (nSPS) is 10.5. The molecule has 1 aromatic carbocycles. The Hall–Kier alpha value is -1.61. The predicted octanol–water partition coefficient (Wildman–Crippen LogP) is 2.30. The molecular formula is C11H9ClN2O. The summed E-state index contributed by atoms with van der Waals surface area (Å²) in [6.07, 6.45) is 1.41. The lowest BCUT2D eigenvalue weighted by atomic mass is 10.1. The maximum Gasteiger partial charge on any atom is 0.251 e. The van der Waals surface area contributed by atoms with Gasteiger partial charge in [-0.25, -0.2) is 0 Å². The van der Waals surface area contributed by atoms with Crippen LogP contribution in [0.2, 0.25) is 5.02 Å². The van der Waals surface area contributed by atoms with E-state index in [-0.39, 0.29) is 5.56 Å². The van der Waals surface area contributed by atoms with Gasteiger partial charge in [-0.15, -0.1) is 0 Å². The summed E-state index contributed by atoms with van der Waals surface area (Å²) in [5, 5.41) is 1.12. The summed E-state index contributed by atoms with van der Waals surface area (Å²) in [4.78, 5) is 15.2. The zero-order valence-corrected chi connectivity index (χ0v) is 8.88. The van der Waals surface area contributed by atoms with E-state index in [0.717, 1.165) is 16.5 Å². The van der Waals surface area contributed by atoms with Gasteiger partial charge in [0.05, 0.1) is 16.1 Å². The fourth-order valence-electron chi connectivity index (χ4n) is 1.44. The van der Waals surface area contributed by atoms with Gasteiger partial charge in [0.1, 0.15) is 0 Å². The summed E-state index contributed by atoms with van der Waals surface area (Å²) in [5.74, 6) is -0.560. The first-order valence-electron chi connectivity index (χ1n) is 4.44. The number of aromatic nitrogens is 1. The molecule has 2 rings (SSSR count). The highest BCUT2D eigenvalue weighted by Gasteiger charge is 2.10. The molecule has 76 valence electrons. The van der Waals surface area contributed by atoms with Gasteiger partial charge in [-0.2, -0.15) is 0 Å². The van der Waals surface area contributed by atoms with Gasteiger partial charge >= 0.3 is 0 Å². The molecule has 3 nitrogen and oxygen atoms in total. The Kier molecular flexibility index (Phi) is 2.32. The molecule has 0 aliphatic carbocycles. The van der Waals surface area contributed by atoms with Crippen molar-refractivity contribution < 1.29 is 4.79 Å². The fraction of sp³-hybridized carbons (Fsp3) is 0.0909. The first kappa shape index (κ1) is 9.93. The molecule has 15 heavy (non-hydrogen) atoms. The average Bonchev–Trinajstić information content (AvgIpc) is 2.17. The van der Waals surface area contributed by atoms with Gasteiger partial charge in [0, 0.05) is 11.6 Å². The van der Waals surface area contributed by atoms with Gasteiger partial charge in [-0.05, 0) is 18.6 Å². The van der Waals surface area contributed by atoms with Gasteiger partial charge in [-0.3, -0.25) is 9.78 Å². The molecule has 0 saturated carbocycles. The number of benzene rings is 1. The van der Waals surface area contributed by atoms with Crippen LogP contribution < -0.4 is 5.73 Å². The number of aryl methyl sites for hydroxylation is 1. The van der Waals surface area contributed by atoms with Crippen LogP contribution in [0.5, 0.6) is 0 Å². The van der Waals surface area contributed by atoms with Crippen molar-refractivity contribution in [2.75, 3.05) is 0 Å².